The second-order valence-corrected chi connectivity index (χ2v) is 10.7. The molecule has 1 aliphatic carbocycles. The van der Waals surface area contributed by atoms with E-state index in [-0.39, 0.29) is 30.8 Å². The van der Waals surface area contributed by atoms with Crippen LogP contribution < -0.4 is 10.1 Å². The third-order valence-corrected chi connectivity index (χ3v) is 7.81. The van der Waals surface area contributed by atoms with Crippen molar-refractivity contribution in [1.82, 2.24) is 10.2 Å². The van der Waals surface area contributed by atoms with Crippen LogP contribution in [0.25, 0.3) is 0 Å². The molecule has 0 saturated heterocycles. The zero-order valence-electron chi connectivity index (χ0n) is 21.7. The number of carbonyl (C=O) groups is 2. The van der Waals surface area contributed by atoms with Gasteiger partial charge in [0.05, 0.1) is 23.6 Å². The first-order chi connectivity index (χ1) is 18.4. The van der Waals surface area contributed by atoms with Crippen molar-refractivity contribution in [3.8, 4) is 5.75 Å². The summed E-state index contributed by atoms with van der Waals surface area (Å²) in [5.74, 6) is 0.465. The molecule has 0 aromatic heterocycles. The highest BCUT2D eigenvalue weighted by Gasteiger charge is 2.32. The Kier molecular flexibility index (Phi) is 10.1. The Morgan fingerprint density at radius 2 is 1.58 bits per heavy atom. The van der Waals surface area contributed by atoms with Gasteiger partial charge in [-0.3, -0.25) is 9.59 Å². The van der Waals surface area contributed by atoms with E-state index in [1.54, 1.807) is 24.1 Å². The average molecular weight is 554 g/mol. The summed E-state index contributed by atoms with van der Waals surface area (Å²) >= 11 is 12.5. The summed E-state index contributed by atoms with van der Waals surface area (Å²) in [6.45, 7) is 0.238. The number of methoxy groups -OCH3 is 1. The van der Waals surface area contributed by atoms with Crippen molar-refractivity contribution in [3.05, 3.63) is 99.5 Å². The Bertz CT molecular complexity index is 1210. The maximum atomic E-state index is 13.9. The predicted octanol–water partition coefficient (Wildman–Crippen LogP) is 6.63. The van der Waals surface area contributed by atoms with Gasteiger partial charge in [-0.2, -0.15) is 0 Å². The van der Waals surface area contributed by atoms with E-state index in [1.165, 1.54) is 6.42 Å². The molecule has 0 heterocycles. The van der Waals surface area contributed by atoms with Gasteiger partial charge in [0, 0.05) is 19.0 Å². The van der Waals surface area contributed by atoms with Gasteiger partial charge in [0.15, 0.2) is 0 Å². The van der Waals surface area contributed by atoms with Crippen LogP contribution in [0.5, 0.6) is 5.75 Å². The quantitative estimate of drug-likeness (QED) is 0.307. The summed E-state index contributed by atoms with van der Waals surface area (Å²) < 4.78 is 5.26. The molecule has 1 saturated carbocycles. The van der Waals surface area contributed by atoms with Crippen LogP contribution in [0.2, 0.25) is 10.0 Å². The van der Waals surface area contributed by atoms with Crippen LogP contribution in [0.3, 0.4) is 0 Å². The molecule has 0 aliphatic heterocycles. The first kappa shape index (κ1) is 28.0. The molecule has 5 nitrogen and oxygen atoms in total. The summed E-state index contributed by atoms with van der Waals surface area (Å²) in [5.41, 5.74) is 2.65. The lowest BCUT2D eigenvalue weighted by molar-refractivity contribution is -0.141. The molecule has 0 unspecified atom stereocenters. The van der Waals surface area contributed by atoms with Gasteiger partial charge < -0.3 is 15.0 Å². The minimum absolute atomic E-state index is 0.121. The summed E-state index contributed by atoms with van der Waals surface area (Å²) in [7, 11) is 1.61. The SMILES string of the molecule is COc1ccc(CC(=O)N(Cc2ccc(Cl)c(Cl)c2)[C@H](Cc2ccccc2)C(=O)NC2CCCCC2)cc1. The number of rotatable bonds is 10. The van der Waals surface area contributed by atoms with Gasteiger partial charge in [-0.25, -0.2) is 0 Å². The molecule has 0 bridgehead atoms. The van der Waals surface area contributed by atoms with Crippen LogP contribution in [0.1, 0.15) is 48.8 Å². The van der Waals surface area contributed by atoms with Gasteiger partial charge in [-0.15, -0.1) is 0 Å². The van der Waals surface area contributed by atoms with E-state index < -0.39 is 6.04 Å². The second-order valence-electron chi connectivity index (χ2n) is 9.84. The van der Waals surface area contributed by atoms with E-state index in [9.17, 15) is 9.59 Å². The standard InChI is InChI=1S/C31H34Cl2N2O3/c1-38-26-15-12-23(13-16-26)20-30(36)35(21-24-14-17-27(32)28(33)18-24)29(19-22-8-4-2-5-9-22)31(37)34-25-10-6-3-7-11-25/h2,4-5,8-9,12-18,25,29H,3,6-7,10-11,19-21H2,1H3,(H,34,37)/t29-/m1/s1. The Morgan fingerprint density at radius 3 is 2.24 bits per heavy atom. The molecule has 1 atom stereocenters. The topological polar surface area (TPSA) is 58.6 Å². The van der Waals surface area contributed by atoms with Crippen molar-refractivity contribution in [2.75, 3.05) is 7.11 Å². The maximum Gasteiger partial charge on any atom is 0.243 e. The van der Waals surface area contributed by atoms with Crippen molar-refractivity contribution in [1.29, 1.82) is 0 Å². The highest BCUT2D eigenvalue weighted by molar-refractivity contribution is 6.42. The Balaban J connectivity index is 1.66. The fourth-order valence-corrected chi connectivity index (χ4v) is 5.27. The Hall–Kier alpha value is -3.02. The number of nitrogens with zero attached hydrogens (tertiary/aromatic N) is 1. The molecule has 1 fully saturated rings. The third kappa shape index (κ3) is 7.75. The van der Waals surface area contributed by atoms with Crippen LogP contribution in [0.15, 0.2) is 72.8 Å². The van der Waals surface area contributed by atoms with E-state index in [0.717, 1.165) is 48.1 Å². The molecule has 7 heteroatoms. The van der Waals surface area contributed by atoms with Gasteiger partial charge in [-0.1, -0.05) is 91.0 Å². The predicted molar refractivity (Wildman–Crippen MR) is 153 cm³/mol. The lowest BCUT2D eigenvalue weighted by Gasteiger charge is -2.33. The fourth-order valence-electron chi connectivity index (χ4n) is 4.95. The van der Waals surface area contributed by atoms with Crippen molar-refractivity contribution < 1.29 is 14.3 Å². The number of benzene rings is 3. The second kappa shape index (κ2) is 13.7. The van der Waals surface area contributed by atoms with Crippen molar-refractivity contribution in [2.45, 2.75) is 63.6 Å². The van der Waals surface area contributed by atoms with Gasteiger partial charge in [-0.05, 0) is 53.8 Å². The summed E-state index contributed by atoms with van der Waals surface area (Å²) in [6.07, 6.45) is 5.92. The first-order valence-electron chi connectivity index (χ1n) is 13.1. The minimum atomic E-state index is -0.681. The molecule has 38 heavy (non-hydrogen) atoms. The summed E-state index contributed by atoms with van der Waals surface area (Å²) in [4.78, 5) is 29.4. The van der Waals surface area contributed by atoms with E-state index in [0.29, 0.717) is 16.5 Å². The number of amides is 2. The molecule has 4 rings (SSSR count). The van der Waals surface area contributed by atoms with Crippen molar-refractivity contribution in [3.63, 3.8) is 0 Å². The number of ether oxygens (including phenoxy) is 1. The first-order valence-corrected chi connectivity index (χ1v) is 13.9. The van der Waals surface area contributed by atoms with Crippen LogP contribution in [0.4, 0.5) is 0 Å². The number of nitrogens with one attached hydrogen (secondary N) is 1. The molecule has 0 radical (unpaired) electrons. The Labute approximate surface area is 235 Å². The summed E-state index contributed by atoms with van der Waals surface area (Å²) in [6, 6.07) is 22.0. The molecule has 1 aliphatic rings. The highest BCUT2D eigenvalue weighted by atomic mass is 35.5. The molecule has 0 spiro atoms. The van der Waals surface area contributed by atoms with E-state index in [4.69, 9.17) is 27.9 Å². The smallest absolute Gasteiger partial charge is 0.243 e. The number of hydrogen-bond acceptors (Lipinski definition) is 3. The minimum Gasteiger partial charge on any atom is -0.497 e. The van der Waals surface area contributed by atoms with E-state index in [1.807, 2.05) is 60.7 Å². The molecule has 3 aromatic rings. The third-order valence-electron chi connectivity index (χ3n) is 7.07. The lowest BCUT2D eigenvalue weighted by atomic mass is 9.94. The largest absolute Gasteiger partial charge is 0.497 e. The molecule has 200 valence electrons. The zero-order valence-corrected chi connectivity index (χ0v) is 23.2. The molecule has 2 amide bonds. The van der Waals surface area contributed by atoms with Crippen LogP contribution >= 0.6 is 23.2 Å². The molecular formula is C31H34Cl2N2O3. The van der Waals surface area contributed by atoms with E-state index >= 15 is 0 Å². The Morgan fingerprint density at radius 1 is 0.895 bits per heavy atom. The lowest BCUT2D eigenvalue weighted by Crippen LogP contribution is -2.53. The number of carbonyl (C=O) groups excluding carboxylic acids is 2. The molecule has 1 N–H and O–H groups in total. The highest BCUT2D eigenvalue weighted by Crippen LogP contribution is 2.25. The molecular weight excluding hydrogens is 519 g/mol. The van der Waals surface area contributed by atoms with Crippen LogP contribution in [0, 0.1) is 0 Å². The van der Waals surface area contributed by atoms with Gasteiger partial charge >= 0.3 is 0 Å². The monoisotopic (exact) mass is 552 g/mol. The van der Waals surface area contributed by atoms with Gasteiger partial charge in [0.2, 0.25) is 11.8 Å². The fraction of sp³-hybridized carbons (Fsp3) is 0.355. The van der Waals surface area contributed by atoms with Gasteiger partial charge in [0.1, 0.15) is 11.8 Å². The van der Waals surface area contributed by atoms with E-state index in [2.05, 4.69) is 5.32 Å². The van der Waals surface area contributed by atoms with Crippen molar-refractivity contribution in [2.24, 2.45) is 0 Å². The van der Waals surface area contributed by atoms with Crippen LogP contribution in [-0.4, -0.2) is 35.9 Å². The van der Waals surface area contributed by atoms with Crippen LogP contribution in [-0.2, 0) is 29.0 Å². The van der Waals surface area contributed by atoms with Crippen molar-refractivity contribution >= 4 is 35.0 Å². The molecule has 3 aromatic carbocycles. The number of hydrogen-bond donors (Lipinski definition) is 1. The zero-order chi connectivity index (χ0) is 26.9. The number of halogens is 2. The normalized spacial score (nSPS) is 14.5. The average Bonchev–Trinajstić information content (AvgIpc) is 2.94. The maximum absolute atomic E-state index is 13.9. The summed E-state index contributed by atoms with van der Waals surface area (Å²) in [5, 5.41) is 4.12. The van der Waals surface area contributed by atoms with Gasteiger partial charge in [0.25, 0.3) is 0 Å².